The summed E-state index contributed by atoms with van der Waals surface area (Å²) >= 11 is 0. The van der Waals surface area contributed by atoms with Crippen LogP contribution in [0.5, 0.6) is 0 Å². The Labute approximate surface area is 108 Å². The maximum absolute atomic E-state index is 5.73. The SMILES string of the molecule is CN(C)C(=NCc1cc2ccccc2o1)N(C)C. The molecule has 4 heteroatoms. The van der Waals surface area contributed by atoms with Crippen molar-refractivity contribution in [2.45, 2.75) is 6.54 Å². The monoisotopic (exact) mass is 245 g/mol. The molecule has 0 amide bonds. The number of guanidine groups is 1. The lowest BCUT2D eigenvalue weighted by Gasteiger charge is -2.22. The van der Waals surface area contributed by atoms with Gasteiger partial charge in [-0.05, 0) is 12.1 Å². The first-order valence-electron chi connectivity index (χ1n) is 5.94. The maximum Gasteiger partial charge on any atom is 0.195 e. The van der Waals surface area contributed by atoms with Gasteiger partial charge in [-0.1, -0.05) is 18.2 Å². The molecule has 0 atom stereocenters. The highest BCUT2D eigenvalue weighted by Gasteiger charge is 2.06. The van der Waals surface area contributed by atoms with Crippen LogP contribution in [0.3, 0.4) is 0 Å². The average molecular weight is 245 g/mol. The van der Waals surface area contributed by atoms with Crippen LogP contribution in [-0.4, -0.2) is 44.0 Å². The second-order valence-corrected chi connectivity index (χ2v) is 4.66. The van der Waals surface area contributed by atoms with E-state index in [1.807, 2.05) is 68.3 Å². The molecule has 0 saturated heterocycles. The van der Waals surface area contributed by atoms with E-state index in [4.69, 9.17) is 4.42 Å². The Hall–Kier alpha value is -1.97. The predicted octanol–water partition coefficient (Wildman–Crippen LogP) is 2.41. The number of fused-ring (bicyclic) bond motifs is 1. The van der Waals surface area contributed by atoms with E-state index in [1.165, 1.54) is 0 Å². The molecule has 0 bridgehead atoms. The van der Waals surface area contributed by atoms with Crippen LogP contribution in [0.25, 0.3) is 11.0 Å². The van der Waals surface area contributed by atoms with E-state index < -0.39 is 0 Å². The van der Waals surface area contributed by atoms with E-state index in [9.17, 15) is 0 Å². The molecular weight excluding hydrogens is 226 g/mol. The second kappa shape index (κ2) is 5.12. The molecule has 0 radical (unpaired) electrons. The maximum atomic E-state index is 5.73. The summed E-state index contributed by atoms with van der Waals surface area (Å²) in [6.45, 7) is 0.556. The minimum atomic E-state index is 0.556. The predicted molar refractivity (Wildman–Crippen MR) is 74.7 cm³/mol. The molecule has 2 rings (SSSR count). The largest absolute Gasteiger partial charge is 0.459 e. The average Bonchev–Trinajstić information content (AvgIpc) is 2.70. The Bertz CT molecular complexity index is 512. The van der Waals surface area contributed by atoms with Crippen LogP contribution in [0.2, 0.25) is 0 Å². The van der Waals surface area contributed by atoms with Crippen LogP contribution in [-0.2, 0) is 6.54 Å². The zero-order valence-corrected chi connectivity index (χ0v) is 11.3. The van der Waals surface area contributed by atoms with Crippen LogP contribution in [0, 0.1) is 0 Å². The van der Waals surface area contributed by atoms with Crippen LogP contribution in [0.15, 0.2) is 39.7 Å². The number of hydrogen-bond donors (Lipinski definition) is 0. The molecule has 0 aliphatic heterocycles. The minimum absolute atomic E-state index is 0.556. The molecule has 0 N–H and O–H groups in total. The van der Waals surface area contributed by atoms with Crippen LogP contribution in [0.1, 0.15) is 5.76 Å². The van der Waals surface area contributed by atoms with Gasteiger partial charge in [-0.15, -0.1) is 0 Å². The topological polar surface area (TPSA) is 32.0 Å². The van der Waals surface area contributed by atoms with Gasteiger partial charge in [0.05, 0.1) is 0 Å². The van der Waals surface area contributed by atoms with E-state index in [0.717, 1.165) is 22.7 Å². The van der Waals surface area contributed by atoms with Crippen molar-refractivity contribution in [2.75, 3.05) is 28.2 Å². The van der Waals surface area contributed by atoms with E-state index >= 15 is 0 Å². The fraction of sp³-hybridized carbons (Fsp3) is 0.357. The van der Waals surface area contributed by atoms with Gasteiger partial charge in [0.2, 0.25) is 0 Å². The second-order valence-electron chi connectivity index (χ2n) is 4.66. The molecule has 1 aromatic heterocycles. The number of aliphatic imine (C=N–C) groups is 1. The van der Waals surface area contributed by atoms with Crippen molar-refractivity contribution in [3.8, 4) is 0 Å². The van der Waals surface area contributed by atoms with Gasteiger partial charge in [0.15, 0.2) is 5.96 Å². The van der Waals surface area contributed by atoms with Gasteiger partial charge >= 0.3 is 0 Å². The molecule has 0 fully saturated rings. The standard InChI is InChI=1S/C14H19N3O/c1-16(2)14(17(3)4)15-10-12-9-11-7-5-6-8-13(11)18-12/h5-9H,10H2,1-4H3. The Morgan fingerprint density at radius 1 is 1.11 bits per heavy atom. The number of rotatable bonds is 2. The van der Waals surface area contributed by atoms with Gasteiger partial charge in [-0.3, -0.25) is 0 Å². The smallest absolute Gasteiger partial charge is 0.195 e. The normalized spacial score (nSPS) is 10.4. The van der Waals surface area contributed by atoms with Crippen molar-refractivity contribution in [1.29, 1.82) is 0 Å². The highest BCUT2D eigenvalue weighted by atomic mass is 16.3. The zero-order valence-electron chi connectivity index (χ0n) is 11.3. The van der Waals surface area contributed by atoms with Gasteiger partial charge in [-0.25, -0.2) is 4.99 Å². The van der Waals surface area contributed by atoms with Crippen molar-refractivity contribution < 1.29 is 4.42 Å². The third kappa shape index (κ3) is 2.64. The highest BCUT2D eigenvalue weighted by Crippen LogP contribution is 2.19. The molecule has 96 valence electrons. The zero-order chi connectivity index (χ0) is 13.1. The molecule has 0 unspecified atom stereocenters. The van der Waals surface area contributed by atoms with Gasteiger partial charge < -0.3 is 14.2 Å². The van der Waals surface area contributed by atoms with Gasteiger partial charge in [0.1, 0.15) is 17.9 Å². The van der Waals surface area contributed by atoms with Crippen molar-refractivity contribution in [3.05, 3.63) is 36.1 Å². The van der Waals surface area contributed by atoms with Gasteiger partial charge in [-0.2, -0.15) is 0 Å². The first-order valence-corrected chi connectivity index (χ1v) is 5.94. The van der Waals surface area contributed by atoms with Crippen molar-refractivity contribution in [2.24, 2.45) is 4.99 Å². The summed E-state index contributed by atoms with van der Waals surface area (Å²) in [6, 6.07) is 10.0. The van der Waals surface area contributed by atoms with Crippen molar-refractivity contribution >= 4 is 16.9 Å². The van der Waals surface area contributed by atoms with E-state index in [0.29, 0.717) is 6.54 Å². The molecule has 0 aliphatic rings. The molecule has 18 heavy (non-hydrogen) atoms. The summed E-state index contributed by atoms with van der Waals surface area (Å²) in [5.41, 5.74) is 0.916. The lowest BCUT2D eigenvalue weighted by atomic mass is 10.2. The lowest BCUT2D eigenvalue weighted by molar-refractivity contribution is 0.474. The molecule has 0 spiro atoms. The third-order valence-electron chi connectivity index (χ3n) is 2.65. The fourth-order valence-corrected chi connectivity index (χ4v) is 1.95. The summed E-state index contributed by atoms with van der Waals surface area (Å²) in [7, 11) is 7.93. The first-order chi connectivity index (χ1) is 8.58. The summed E-state index contributed by atoms with van der Waals surface area (Å²) in [6.07, 6.45) is 0. The number of hydrogen-bond acceptors (Lipinski definition) is 2. The Kier molecular flexibility index (Phi) is 3.55. The number of benzene rings is 1. The number of nitrogens with zero attached hydrogens (tertiary/aromatic N) is 3. The molecule has 2 aromatic rings. The quantitative estimate of drug-likeness (QED) is 0.601. The van der Waals surface area contributed by atoms with Crippen molar-refractivity contribution in [3.63, 3.8) is 0 Å². The number of furan rings is 1. The van der Waals surface area contributed by atoms with Crippen LogP contribution < -0.4 is 0 Å². The molecular formula is C14H19N3O. The van der Waals surface area contributed by atoms with E-state index in [2.05, 4.69) is 4.99 Å². The Balaban J connectivity index is 2.20. The molecule has 1 heterocycles. The number of para-hydroxylation sites is 1. The minimum Gasteiger partial charge on any atom is -0.459 e. The summed E-state index contributed by atoms with van der Waals surface area (Å²) < 4.78 is 5.73. The van der Waals surface area contributed by atoms with Gasteiger partial charge in [0.25, 0.3) is 0 Å². The lowest BCUT2D eigenvalue weighted by Crippen LogP contribution is -2.35. The fourth-order valence-electron chi connectivity index (χ4n) is 1.95. The Morgan fingerprint density at radius 3 is 2.39 bits per heavy atom. The van der Waals surface area contributed by atoms with E-state index in [1.54, 1.807) is 0 Å². The third-order valence-corrected chi connectivity index (χ3v) is 2.65. The molecule has 4 nitrogen and oxygen atoms in total. The van der Waals surface area contributed by atoms with Crippen molar-refractivity contribution in [1.82, 2.24) is 9.80 Å². The molecule has 1 aromatic carbocycles. The van der Waals surface area contributed by atoms with Crippen LogP contribution >= 0.6 is 0 Å². The van der Waals surface area contributed by atoms with E-state index in [-0.39, 0.29) is 0 Å². The van der Waals surface area contributed by atoms with Gasteiger partial charge in [0, 0.05) is 33.6 Å². The Morgan fingerprint density at radius 2 is 1.78 bits per heavy atom. The summed E-state index contributed by atoms with van der Waals surface area (Å²) in [4.78, 5) is 8.54. The molecule has 0 saturated carbocycles. The summed E-state index contributed by atoms with van der Waals surface area (Å²) in [5, 5.41) is 1.12. The van der Waals surface area contributed by atoms with Crippen LogP contribution in [0.4, 0.5) is 0 Å². The molecule has 0 aliphatic carbocycles. The highest BCUT2D eigenvalue weighted by molar-refractivity contribution is 5.79. The first kappa shape index (κ1) is 12.5. The summed E-state index contributed by atoms with van der Waals surface area (Å²) in [5.74, 6) is 1.81.